The lowest BCUT2D eigenvalue weighted by Crippen LogP contribution is -1.98. The molecule has 0 aliphatic rings. The van der Waals surface area contributed by atoms with E-state index in [1.54, 1.807) is 36.4 Å². The van der Waals surface area contributed by atoms with Gasteiger partial charge < -0.3 is 5.11 Å². The Bertz CT molecular complexity index is 794. The van der Waals surface area contributed by atoms with Gasteiger partial charge in [0.1, 0.15) is 5.82 Å². The van der Waals surface area contributed by atoms with Crippen LogP contribution in [-0.2, 0) is 0 Å². The number of aromatic amines is 1. The molecule has 1 aromatic heterocycles. The van der Waals surface area contributed by atoms with E-state index in [0.717, 1.165) is 5.56 Å². The lowest BCUT2D eigenvalue weighted by Gasteiger charge is -2.02. The van der Waals surface area contributed by atoms with Crippen molar-refractivity contribution in [1.29, 1.82) is 0 Å². The Kier molecular flexibility index (Phi) is 3.23. The molecule has 0 unspecified atom stereocenters. The van der Waals surface area contributed by atoms with Crippen LogP contribution in [0.15, 0.2) is 54.6 Å². The number of aromatic carboxylic acids is 1. The largest absolute Gasteiger partial charge is 0.478 e. The fourth-order valence-electron chi connectivity index (χ4n) is 2.13. The van der Waals surface area contributed by atoms with E-state index in [-0.39, 0.29) is 11.4 Å². The van der Waals surface area contributed by atoms with E-state index >= 15 is 0 Å². The summed E-state index contributed by atoms with van der Waals surface area (Å²) in [5.74, 6) is -1.31. The Morgan fingerprint density at radius 2 is 1.81 bits per heavy atom. The third kappa shape index (κ3) is 2.53. The van der Waals surface area contributed by atoms with Gasteiger partial charge in [-0.25, -0.2) is 9.18 Å². The summed E-state index contributed by atoms with van der Waals surface area (Å²) in [4.78, 5) is 11.2. The molecule has 5 heteroatoms. The summed E-state index contributed by atoms with van der Waals surface area (Å²) in [7, 11) is 0. The molecule has 0 aliphatic heterocycles. The molecule has 0 saturated heterocycles. The van der Waals surface area contributed by atoms with Gasteiger partial charge in [0.2, 0.25) is 0 Å². The van der Waals surface area contributed by atoms with Crippen molar-refractivity contribution in [3.8, 4) is 22.5 Å². The van der Waals surface area contributed by atoms with Gasteiger partial charge >= 0.3 is 5.97 Å². The van der Waals surface area contributed by atoms with Gasteiger partial charge in [-0.1, -0.05) is 18.2 Å². The summed E-state index contributed by atoms with van der Waals surface area (Å²) in [6.07, 6.45) is 0. The van der Waals surface area contributed by atoms with E-state index in [0.29, 0.717) is 17.0 Å². The van der Waals surface area contributed by atoms with Crippen molar-refractivity contribution in [2.45, 2.75) is 0 Å². The number of hydrogen-bond donors (Lipinski definition) is 2. The number of carboxylic acid groups (broad SMARTS) is 1. The van der Waals surface area contributed by atoms with Crippen LogP contribution >= 0.6 is 0 Å². The molecule has 3 rings (SSSR count). The second-order valence-electron chi connectivity index (χ2n) is 4.52. The highest BCUT2D eigenvalue weighted by molar-refractivity contribution is 5.95. The zero-order valence-corrected chi connectivity index (χ0v) is 10.9. The van der Waals surface area contributed by atoms with Crippen LogP contribution in [0, 0.1) is 5.82 Å². The maximum atomic E-state index is 12.9. The highest BCUT2D eigenvalue weighted by atomic mass is 19.1. The molecule has 21 heavy (non-hydrogen) atoms. The summed E-state index contributed by atoms with van der Waals surface area (Å²) < 4.78 is 12.9. The van der Waals surface area contributed by atoms with Crippen molar-refractivity contribution in [3.05, 3.63) is 66.0 Å². The van der Waals surface area contributed by atoms with Crippen LogP contribution in [0.25, 0.3) is 22.5 Å². The van der Waals surface area contributed by atoms with E-state index in [4.69, 9.17) is 0 Å². The SMILES string of the molecule is O=C(O)c1ccccc1-c1cc(-c2ccc(F)cc2)n[nH]1. The average Bonchev–Trinajstić information content (AvgIpc) is 2.97. The number of aromatic nitrogens is 2. The van der Waals surface area contributed by atoms with Gasteiger partial charge in [0.25, 0.3) is 0 Å². The minimum atomic E-state index is -0.997. The number of halogens is 1. The van der Waals surface area contributed by atoms with Crippen LogP contribution in [0.3, 0.4) is 0 Å². The smallest absolute Gasteiger partial charge is 0.336 e. The Morgan fingerprint density at radius 1 is 1.10 bits per heavy atom. The highest BCUT2D eigenvalue weighted by Crippen LogP contribution is 2.26. The first kappa shape index (κ1) is 13.1. The van der Waals surface area contributed by atoms with Crippen LogP contribution in [0.2, 0.25) is 0 Å². The normalized spacial score (nSPS) is 10.5. The molecule has 0 amide bonds. The van der Waals surface area contributed by atoms with E-state index in [9.17, 15) is 14.3 Å². The van der Waals surface area contributed by atoms with E-state index in [1.807, 2.05) is 0 Å². The molecule has 0 atom stereocenters. The van der Waals surface area contributed by atoms with Crippen molar-refractivity contribution in [1.82, 2.24) is 10.2 Å². The molecule has 2 N–H and O–H groups in total. The fraction of sp³-hybridized carbons (Fsp3) is 0. The summed E-state index contributed by atoms with van der Waals surface area (Å²) in [6, 6.07) is 14.4. The number of nitrogens with zero attached hydrogens (tertiary/aromatic N) is 1. The lowest BCUT2D eigenvalue weighted by molar-refractivity contribution is 0.0697. The molecule has 0 radical (unpaired) electrons. The Morgan fingerprint density at radius 3 is 2.52 bits per heavy atom. The van der Waals surface area contributed by atoms with Crippen molar-refractivity contribution in [3.63, 3.8) is 0 Å². The molecule has 0 bridgehead atoms. The molecule has 3 aromatic rings. The molecule has 4 nitrogen and oxygen atoms in total. The van der Waals surface area contributed by atoms with Gasteiger partial charge in [-0.3, -0.25) is 5.10 Å². The summed E-state index contributed by atoms with van der Waals surface area (Å²) >= 11 is 0. The third-order valence-corrected chi connectivity index (χ3v) is 3.17. The van der Waals surface area contributed by atoms with Crippen molar-refractivity contribution in [2.75, 3.05) is 0 Å². The predicted molar refractivity (Wildman–Crippen MR) is 76.4 cm³/mol. The number of H-pyrrole nitrogens is 1. The maximum Gasteiger partial charge on any atom is 0.336 e. The van der Waals surface area contributed by atoms with Crippen LogP contribution < -0.4 is 0 Å². The van der Waals surface area contributed by atoms with E-state index < -0.39 is 5.97 Å². The number of rotatable bonds is 3. The van der Waals surface area contributed by atoms with Crippen molar-refractivity contribution >= 4 is 5.97 Å². The number of nitrogens with one attached hydrogen (secondary N) is 1. The number of benzene rings is 2. The van der Waals surface area contributed by atoms with Crippen LogP contribution in [0.5, 0.6) is 0 Å². The monoisotopic (exact) mass is 282 g/mol. The second-order valence-corrected chi connectivity index (χ2v) is 4.52. The van der Waals surface area contributed by atoms with Gasteiger partial charge in [0.15, 0.2) is 0 Å². The quantitative estimate of drug-likeness (QED) is 0.771. The van der Waals surface area contributed by atoms with E-state index in [2.05, 4.69) is 10.2 Å². The first-order chi connectivity index (χ1) is 10.1. The third-order valence-electron chi connectivity index (χ3n) is 3.17. The van der Waals surface area contributed by atoms with Gasteiger partial charge in [-0.2, -0.15) is 5.10 Å². The maximum absolute atomic E-state index is 12.9. The van der Waals surface area contributed by atoms with E-state index in [1.165, 1.54) is 18.2 Å². The summed E-state index contributed by atoms with van der Waals surface area (Å²) in [5.41, 5.74) is 2.75. The lowest BCUT2D eigenvalue weighted by atomic mass is 10.0. The molecule has 0 fully saturated rings. The van der Waals surface area contributed by atoms with Crippen molar-refractivity contribution < 1.29 is 14.3 Å². The number of carbonyl (C=O) groups is 1. The molecule has 104 valence electrons. The van der Waals surface area contributed by atoms with Gasteiger partial charge in [-0.05, 0) is 36.4 Å². The van der Waals surface area contributed by atoms with Crippen LogP contribution in [0.4, 0.5) is 4.39 Å². The fourth-order valence-corrected chi connectivity index (χ4v) is 2.13. The summed E-state index contributed by atoms with van der Waals surface area (Å²) in [6.45, 7) is 0. The van der Waals surface area contributed by atoms with Crippen LogP contribution in [0.1, 0.15) is 10.4 Å². The van der Waals surface area contributed by atoms with Gasteiger partial charge in [0.05, 0.1) is 17.0 Å². The zero-order chi connectivity index (χ0) is 14.8. The molecule has 2 aromatic carbocycles. The zero-order valence-electron chi connectivity index (χ0n) is 10.9. The minimum absolute atomic E-state index is 0.201. The van der Waals surface area contributed by atoms with Gasteiger partial charge in [0, 0.05) is 11.1 Å². The highest BCUT2D eigenvalue weighted by Gasteiger charge is 2.13. The second kappa shape index (κ2) is 5.20. The Balaban J connectivity index is 2.03. The molecular weight excluding hydrogens is 271 g/mol. The summed E-state index contributed by atoms with van der Waals surface area (Å²) in [5, 5.41) is 16.2. The molecular formula is C16H11FN2O2. The first-order valence-corrected chi connectivity index (χ1v) is 6.29. The predicted octanol–water partition coefficient (Wildman–Crippen LogP) is 3.58. The molecule has 0 saturated carbocycles. The van der Waals surface area contributed by atoms with Gasteiger partial charge in [-0.15, -0.1) is 0 Å². The number of carboxylic acids is 1. The van der Waals surface area contributed by atoms with Crippen molar-refractivity contribution in [2.24, 2.45) is 0 Å². The Hall–Kier alpha value is -2.95. The Labute approximate surface area is 119 Å². The molecule has 0 spiro atoms. The number of hydrogen-bond acceptors (Lipinski definition) is 2. The topological polar surface area (TPSA) is 66.0 Å². The molecule has 0 aliphatic carbocycles. The molecule has 1 heterocycles. The standard InChI is InChI=1S/C16H11FN2O2/c17-11-7-5-10(6-8-11)14-9-15(19-18-14)12-3-1-2-4-13(12)16(20)21/h1-9H,(H,18,19)(H,20,21). The van der Waals surface area contributed by atoms with Crippen LogP contribution in [-0.4, -0.2) is 21.3 Å². The first-order valence-electron chi connectivity index (χ1n) is 6.29. The average molecular weight is 282 g/mol. The minimum Gasteiger partial charge on any atom is -0.478 e.